The van der Waals surface area contributed by atoms with Gasteiger partial charge in [-0.15, -0.1) is 0 Å². The van der Waals surface area contributed by atoms with Crippen LogP contribution >= 0.6 is 0 Å². The molecule has 1 amide bonds. The van der Waals surface area contributed by atoms with Crippen LogP contribution in [0.5, 0.6) is 0 Å². The molecule has 0 saturated heterocycles. The van der Waals surface area contributed by atoms with Crippen molar-refractivity contribution >= 4 is 5.91 Å². The first-order valence-electron chi connectivity index (χ1n) is 5.56. The Hall–Kier alpha value is -1.82. The normalized spacial score (nSPS) is 14.5. The minimum absolute atomic E-state index is 0.254. The Morgan fingerprint density at radius 1 is 1.32 bits per heavy atom. The first kappa shape index (κ1) is 15.2. The highest BCUT2D eigenvalue weighted by Gasteiger charge is 2.54. The summed E-state index contributed by atoms with van der Waals surface area (Å²) in [5, 5.41) is 12.1. The lowest BCUT2D eigenvalue weighted by molar-refractivity contribution is -0.268. The van der Waals surface area contributed by atoms with Crippen LogP contribution in [0.15, 0.2) is 43.0 Å². The minimum Gasteiger partial charge on any atom is -0.376 e. The maximum Gasteiger partial charge on any atom is 0.421 e. The van der Waals surface area contributed by atoms with Gasteiger partial charge >= 0.3 is 6.18 Å². The molecule has 0 saturated carbocycles. The lowest BCUT2D eigenvalue weighted by atomic mass is 9.89. The third-order valence-electron chi connectivity index (χ3n) is 2.69. The number of rotatable bonds is 5. The molecule has 0 bridgehead atoms. The second kappa shape index (κ2) is 5.88. The molecule has 104 valence electrons. The average Bonchev–Trinajstić information content (AvgIpc) is 2.38. The Balaban J connectivity index is 2.90. The van der Waals surface area contributed by atoms with Gasteiger partial charge in [-0.1, -0.05) is 36.9 Å². The van der Waals surface area contributed by atoms with Crippen molar-refractivity contribution in [1.82, 2.24) is 5.32 Å². The van der Waals surface area contributed by atoms with Crippen LogP contribution in [0.4, 0.5) is 13.2 Å². The molecule has 0 spiro atoms. The van der Waals surface area contributed by atoms with Crippen molar-refractivity contribution in [2.45, 2.75) is 18.2 Å². The number of alkyl halides is 3. The minimum atomic E-state index is -4.83. The lowest BCUT2D eigenvalue weighted by Crippen LogP contribution is -2.44. The van der Waals surface area contributed by atoms with Gasteiger partial charge in [-0.05, 0) is 11.6 Å². The summed E-state index contributed by atoms with van der Waals surface area (Å²) in [6.07, 6.45) is -4.54. The van der Waals surface area contributed by atoms with Crippen LogP contribution in [0, 0.1) is 0 Å². The van der Waals surface area contributed by atoms with Gasteiger partial charge in [0.05, 0.1) is 0 Å². The van der Waals surface area contributed by atoms with Gasteiger partial charge in [-0.25, -0.2) is 0 Å². The summed E-state index contributed by atoms with van der Waals surface area (Å²) in [5.74, 6) is -0.586. The molecule has 0 aromatic heterocycles. The zero-order valence-corrected chi connectivity index (χ0v) is 10.1. The molecule has 2 N–H and O–H groups in total. The highest BCUT2D eigenvalue weighted by molar-refractivity contribution is 5.86. The summed E-state index contributed by atoms with van der Waals surface area (Å²) >= 11 is 0. The molecule has 1 rings (SSSR count). The summed E-state index contributed by atoms with van der Waals surface area (Å²) in [5.41, 5.74) is -3.24. The Kier molecular flexibility index (Phi) is 4.72. The van der Waals surface area contributed by atoms with E-state index in [1.165, 1.54) is 24.3 Å². The van der Waals surface area contributed by atoms with Crippen molar-refractivity contribution in [3.63, 3.8) is 0 Å². The predicted octanol–water partition coefficient (Wildman–Crippen LogP) is 2.13. The van der Waals surface area contributed by atoms with Crippen LogP contribution in [0.3, 0.4) is 0 Å². The van der Waals surface area contributed by atoms with Crippen molar-refractivity contribution in [3.05, 3.63) is 48.6 Å². The summed E-state index contributed by atoms with van der Waals surface area (Å²) in [6, 6.07) is 6.77. The van der Waals surface area contributed by atoms with Crippen LogP contribution in [0.1, 0.15) is 12.0 Å². The first-order chi connectivity index (χ1) is 8.81. The van der Waals surface area contributed by atoms with Crippen LogP contribution in [0.25, 0.3) is 0 Å². The van der Waals surface area contributed by atoms with Gasteiger partial charge < -0.3 is 10.4 Å². The van der Waals surface area contributed by atoms with Gasteiger partial charge in [0.1, 0.15) is 0 Å². The predicted molar refractivity (Wildman–Crippen MR) is 64.2 cm³/mol. The Morgan fingerprint density at radius 3 is 2.37 bits per heavy atom. The topological polar surface area (TPSA) is 49.3 Å². The van der Waals surface area contributed by atoms with E-state index in [0.717, 1.165) is 6.08 Å². The van der Waals surface area contributed by atoms with Gasteiger partial charge in [0.25, 0.3) is 0 Å². The Bertz CT molecular complexity index is 445. The highest BCUT2D eigenvalue weighted by Crippen LogP contribution is 2.41. The number of benzene rings is 1. The van der Waals surface area contributed by atoms with E-state index in [4.69, 9.17) is 0 Å². The van der Waals surface area contributed by atoms with Gasteiger partial charge in [0.15, 0.2) is 5.60 Å². The smallest absolute Gasteiger partial charge is 0.376 e. The highest BCUT2D eigenvalue weighted by atomic mass is 19.4. The van der Waals surface area contributed by atoms with Crippen molar-refractivity contribution in [1.29, 1.82) is 0 Å². The number of carbonyl (C=O) groups is 1. The average molecular weight is 273 g/mol. The van der Waals surface area contributed by atoms with Crippen molar-refractivity contribution in [2.24, 2.45) is 0 Å². The number of aliphatic hydroxyl groups is 1. The molecule has 1 aromatic carbocycles. The number of amides is 1. The second-order valence-corrected chi connectivity index (χ2v) is 3.97. The molecule has 1 aromatic rings. The zero-order valence-electron chi connectivity index (χ0n) is 10.1. The maximum atomic E-state index is 13.0. The summed E-state index contributed by atoms with van der Waals surface area (Å²) in [6.45, 7) is 2.88. The third kappa shape index (κ3) is 3.57. The van der Waals surface area contributed by atoms with Crippen molar-refractivity contribution in [3.8, 4) is 0 Å². The van der Waals surface area contributed by atoms with Gasteiger partial charge in [0.2, 0.25) is 5.91 Å². The van der Waals surface area contributed by atoms with E-state index in [1.54, 1.807) is 6.07 Å². The number of carbonyl (C=O) groups excluding carboxylic acids is 1. The van der Waals surface area contributed by atoms with Gasteiger partial charge in [-0.3, -0.25) is 4.79 Å². The number of hydrogen-bond acceptors (Lipinski definition) is 2. The number of halogens is 3. The zero-order chi connectivity index (χ0) is 14.5. The molecule has 0 aliphatic carbocycles. The molecule has 1 unspecified atom stereocenters. The second-order valence-electron chi connectivity index (χ2n) is 3.97. The third-order valence-corrected chi connectivity index (χ3v) is 2.69. The van der Waals surface area contributed by atoms with Crippen LogP contribution < -0.4 is 5.32 Å². The molecule has 0 aliphatic rings. The molecule has 3 nitrogen and oxygen atoms in total. The van der Waals surface area contributed by atoms with E-state index in [-0.39, 0.29) is 12.1 Å². The molecule has 19 heavy (non-hydrogen) atoms. The fraction of sp³-hybridized carbons (Fsp3) is 0.308. The van der Waals surface area contributed by atoms with E-state index in [0.29, 0.717) is 0 Å². The van der Waals surface area contributed by atoms with Crippen LogP contribution in [0.2, 0.25) is 0 Å². The SMILES string of the molecule is C=CC(=O)NCCC(O)(c1ccccc1)C(F)(F)F. The Morgan fingerprint density at radius 2 is 1.89 bits per heavy atom. The van der Waals surface area contributed by atoms with E-state index >= 15 is 0 Å². The fourth-order valence-electron chi connectivity index (χ4n) is 1.60. The van der Waals surface area contributed by atoms with Gasteiger partial charge in [0, 0.05) is 13.0 Å². The fourth-order valence-corrected chi connectivity index (χ4v) is 1.60. The molecule has 0 heterocycles. The van der Waals surface area contributed by atoms with Gasteiger partial charge in [-0.2, -0.15) is 13.2 Å². The standard InChI is InChI=1S/C13H14F3NO2/c1-2-11(18)17-9-8-12(19,13(14,15)16)10-6-4-3-5-7-10/h2-7,19H,1,8-9H2,(H,17,18). The first-order valence-corrected chi connectivity index (χ1v) is 5.56. The molecule has 1 atom stereocenters. The Labute approximate surface area is 108 Å². The molecule has 0 aliphatic heterocycles. The summed E-state index contributed by atoms with van der Waals surface area (Å²) in [7, 11) is 0. The molecular weight excluding hydrogens is 259 g/mol. The van der Waals surface area contributed by atoms with E-state index in [2.05, 4.69) is 11.9 Å². The monoisotopic (exact) mass is 273 g/mol. The van der Waals surface area contributed by atoms with Crippen molar-refractivity contribution < 1.29 is 23.1 Å². The largest absolute Gasteiger partial charge is 0.421 e. The summed E-state index contributed by atoms with van der Waals surface area (Å²) in [4.78, 5) is 10.9. The summed E-state index contributed by atoms with van der Waals surface area (Å²) < 4.78 is 39.0. The molecule has 0 fully saturated rings. The maximum absolute atomic E-state index is 13.0. The van der Waals surface area contributed by atoms with E-state index in [9.17, 15) is 23.1 Å². The quantitative estimate of drug-likeness (QED) is 0.807. The van der Waals surface area contributed by atoms with E-state index in [1.807, 2.05) is 0 Å². The molecule has 0 radical (unpaired) electrons. The van der Waals surface area contributed by atoms with E-state index < -0.39 is 24.1 Å². The molecule has 6 heteroatoms. The lowest BCUT2D eigenvalue weighted by Gasteiger charge is -2.31. The molecular formula is C13H14F3NO2. The van der Waals surface area contributed by atoms with Crippen LogP contribution in [-0.2, 0) is 10.4 Å². The van der Waals surface area contributed by atoms with Crippen molar-refractivity contribution in [2.75, 3.05) is 6.54 Å². The number of hydrogen-bond donors (Lipinski definition) is 2. The van der Waals surface area contributed by atoms with Crippen LogP contribution in [-0.4, -0.2) is 23.7 Å². The number of nitrogens with one attached hydrogen (secondary N) is 1.